The molecule has 2 unspecified atom stereocenters. The molecule has 2 aromatic rings. The molecule has 0 radical (unpaired) electrons. The van der Waals surface area contributed by atoms with E-state index >= 15 is 0 Å². The molecule has 0 aromatic carbocycles. The first-order valence-electron chi connectivity index (χ1n) is 7.09. The first kappa shape index (κ1) is 15.1. The van der Waals surface area contributed by atoms with Crippen LogP contribution in [-0.2, 0) is 6.42 Å². The zero-order valence-corrected chi connectivity index (χ0v) is 14.1. The molecule has 0 spiro atoms. The van der Waals surface area contributed by atoms with Crippen molar-refractivity contribution in [2.45, 2.75) is 31.3 Å². The Morgan fingerprint density at radius 2 is 2.26 bits per heavy atom. The number of carbonyl (C=O) groups excluding carboxylic acids is 1. The van der Waals surface area contributed by atoms with Crippen molar-refractivity contribution in [3.63, 3.8) is 0 Å². The number of thiazole rings is 1. The molecule has 1 saturated heterocycles. The Morgan fingerprint density at radius 3 is 3.00 bits per heavy atom. The van der Waals surface area contributed by atoms with Crippen LogP contribution >= 0.6 is 34.5 Å². The van der Waals surface area contributed by atoms with E-state index in [-0.39, 0.29) is 23.3 Å². The van der Waals surface area contributed by atoms with Gasteiger partial charge in [0.25, 0.3) is 0 Å². The van der Waals surface area contributed by atoms with Gasteiger partial charge in [-0.05, 0) is 30.9 Å². The van der Waals surface area contributed by atoms with Gasteiger partial charge in [-0.3, -0.25) is 5.32 Å². The number of anilines is 1. The van der Waals surface area contributed by atoms with Gasteiger partial charge in [0.1, 0.15) is 4.34 Å². The van der Waals surface area contributed by atoms with Gasteiger partial charge in [0.2, 0.25) is 5.95 Å². The number of halogens is 3. The Balaban J connectivity index is 1.61. The average Bonchev–Trinajstić information content (AvgIpc) is 2.99. The monoisotopic (exact) mass is 372 g/mol. The molecule has 23 heavy (non-hydrogen) atoms. The molecule has 120 valence electrons. The van der Waals surface area contributed by atoms with Crippen molar-refractivity contribution in [3.05, 3.63) is 38.8 Å². The summed E-state index contributed by atoms with van der Waals surface area (Å²) in [5.74, 6) is -0.432. The van der Waals surface area contributed by atoms with Crippen LogP contribution in [0.5, 0.6) is 0 Å². The Hall–Kier alpha value is -1.44. The molecular formula is C14H11Cl2FN4OS. The van der Waals surface area contributed by atoms with Crippen molar-refractivity contribution in [1.82, 2.24) is 14.9 Å². The van der Waals surface area contributed by atoms with Crippen molar-refractivity contribution in [1.29, 1.82) is 0 Å². The predicted octanol–water partition coefficient (Wildman–Crippen LogP) is 4.28. The second-order valence-electron chi connectivity index (χ2n) is 5.54. The van der Waals surface area contributed by atoms with Crippen molar-refractivity contribution in [3.8, 4) is 0 Å². The van der Waals surface area contributed by atoms with Gasteiger partial charge in [0.05, 0.1) is 6.04 Å². The average molecular weight is 373 g/mol. The van der Waals surface area contributed by atoms with Gasteiger partial charge in [-0.1, -0.05) is 34.5 Å². The van der Waals surface area contributed by atoms with Crippen LogP contribution in [0.3, 0.4) is 0 Å². The van der Waals surface area contributed by atoms with Gasteiger partial charge >= 0.3 is 6.03 Å². The first-order chi connectivity index (χ1) is 11.0. The van der Waals surface area contributed by atoms with Crippen LogP contribution in [0.15, 0.2) is 12.3 Å². The number of carbonyl (C=O) groups is 1. The zero-order valence-electron chi connectivity index (χ0n) is 11.7. The van der Waals surface area contributed by atoms with Crippen LogP contribution in [0.4, 0.5) is 14.3 Å². The Kier molecular flexibility index (Phi) is 3.66. The summed E-state index contributed by atoms with van der Waals surface area (Å²) in [5.41, 5.74) is 1.47. The van der Waals surface area contributed by atoms with Gasteiger partial charge < -0.3 is 4.90 Å². The number of nitrogens with zero attached hydrogens (tertiary/aromatic N) is 3. The lowest BCUT2D eigenvalue weighted by atomic mass is 9.95. The molecule has 2 amide bonds. The third-order valence-corrected chi connectivity index (χ3v) is 5.99. The predicted molar refractivity (Wildman–Crippen MR) is 86.7 cm³/mol. The molecule has 4 rings (SSSR count). The fourth-order valence-electron chi connectivity index (χ4n) is 3.42. The van der Waals surface area contributed by atoms with E-state index in [9.17, 15) is 9.18 Å². The summed E-state index contributed by atoms with van der Waals surface area (Å²) in [6.45, 7) is 0. The lowest BCUT2D eigenvalue weighted by Gasteiger charge is -2.35. The lowest BCUT2D eigenvalue weighted by molar-refractivity contribution is 0.178. The van der Waals surface area contributed by atoms with Crippen LogP contribution in [0, 0.1) is 5.95 Å². The molecule has 1 N–H and O–H groups in total. The number of hydrogen-bond donors (Lipinski definition) is 1. The molecule has 0 aliphatic carbocycles. The second kappa shape index (κ2) is 5.58. The standard InChI is InChI=1S/C14H11Cl2FN4OS/c15-10-11(16)23-13(19-10)20-14(22)21-6-1-2-9(21)7-3-4-18-12(17)8(7)5-6/h3-4,6,9H,1-2,5H2,(H,19,20,22). The van der Waals surface area contributed by atoms with Crippen LogP contribution in [0.2, 0.25) is 9.49 Å². The minimum Gasteiger partial charge on any atom is -0.314 e. The molecule has 2 aromatic heterocycles. The third-order valence-electron chi connectivity index (χ3n) is 4.34. The van der Waals surface area contributed by atoms with Crippen molar-refractivity contribution in [2.75, 3.05) is 5.32 Å². The minimum atomic E-state index is -0.432. The first-order valence-corrected chi connectivity index (χ1v) is 8.66. The summed E-state index contributed by atoms with van der Waals surface area (Å²) < 4.78 is 14.2. The Morgan fingerprint density at radius 1 is 1.43 bits per heavy atom. The van der Waals surface area contributed by atoms with Crippen LogP contribution < -0.4 is 5.32 Å². The number of urea groups is 1. The fraction of sp³-hybridized carbons (Fsp3) is 0.357. The van der Waals surface area contributed by atoms with E-state index in [2.05, 4.69) is 15.3 Å². The van der Waals surface area contributed by atoms with Crippen LogP contribution in [0.25, 0.3) is 0 Å². The number of aromatic nitrogens is 2. The van der Waals surface area contributed by atoms with E-state index in [0.29, 0.717) is 21.5 Å². The Bertz CT molecular complexity index is 780. The number of hydrogen-bond acceptors (Lipinski definition) is 4. The van der Waals surface area contributed by atoms with Gasteiger partial charge in [-0.2, -0.15) is 4.39 Å². The number of amides is 2. The van der Waals surface area contributed by atoms with Crippen LogP contribution in [-0.4, -0.2) is 26.9 Å². The normalized spacial score (nSPS) is 22.1. The van der Waals surface area contributed by atoms with E-state index < -0.39 is 5.95 Å². The molecule has 4 heterocycles. The fourth-order valence-corrected chi connectivity index (χ4v) is 4.51. The minimum absolute atomic E-state index is 0.0305. The molecular weight excluding hydrogens is 362 g/mol. The largest absolute Gasteiger partial charge is 0.324 e. The molecule has 0 saturated carbocycles. The topological polar surface area (TPSA) is 58.1 Å². The molecule has 2 bridgehead atoms. The van der Waals surface area contributed by atoms with E-state index in [1.54, 1.807) is 11.0 Å². The highest BCUT2D eigenvalue weighted by Crippen LogP contribution is 2.44. The molecule has 9 heteroatoms. The number of pyridine rings is 1. The SMILES string of the molecule is O=C(Nc1nc(Cl)c(Cl)s1)N1C2CCC1c1ccnc(F)c1C2. The highest BCUT2D eigenvalue weighted by molar-refractivity contribution is 7.20. The van der Waals surface area contributed by atoms with Crippen molar-refractivity contribution in [2.24, 2.45) is 0 Å². The smallest absolute Gasteiger partial charge is 0.314 e. The zero-order chi connectivity index (χ0) is 16.1. The maximum Gasteiger partial charge on any atom is 0.324 e. The van der Waals surface area contributed by atoms with E-state index in [1.807, 2.05) is 0 Å². The second-order valence-corrected chi connectivity index (χ2v) is 7.50. The third kappa shape index (κ3) is 2.47. The summed E-state index contributed by atoms with van der Waals surface area (Å²) in [4.78, 5) is 22.1. The molecule has 2 aliphatic rings. The van der Waals surface area contributed by atoms with E-state index in [4.69, 9.17) is 23.2 Å². The highest BCUT2D eigenvalue weighted by Gasteiger charge is 2.43. The van der Waals surface area contributed by atoms with Crippen molar-refractivity contribution < 1.29 is 9.18 Å². The number of nitrogens with one attached hydrogen (secondary N) is 1. The summed E-state index contributed by atoms with van der Waals surface area (Å²) in [6, 6.07) is 1.37. The van der Waals surface area contributed by atoms with Crippen LogP contribution in [0.1, 0.15) is 30.0 Å². The summed E-state index contributed by atoms with van der Waals surface area (Å²) >= 11 is 12.8. The number of fused-ring (bicyclic) bond motifs is 4. The lowest BCUT2D eigenvalue weighted by Crippen LogP contribution is -2.44. The highest BCUT2D eigenvalue weighted by atomic mass is 35.5. The maximum absolute atomic E-state index is 13.9. The summed E-state index contributed by atoms with van der Waals surface area (Å²) in [6.07, 6.45) is 3.58. The van der Waals surface area contributed by atoms with Gasteiger partial charge in [0.15, 0.2) is 10.3 Å². The maximum atomic E-state index is 13.9. The molecule has 2 atom stereocenters. The van der Waals surface area contributed by atoms with Gasteiger partial charge in [0, 0.05) is 17.8 Å². The molecule has 2 aliphatic heterocycles. The number of rotatable bonds is 1. The van der Waals surface area contributed by atoms with Gasteiger partial charge in [-0.15, -0.1) is 0 Å². The van der Waals surface area contributed by atoms with Gasteiger partial charge in [-0.25, -0.2) is 14.8 Å². The summed E-state index contributed by atoms with van der Waals surface area (Å²) in [7, 11) is 0. The van der Waals surface area contributed by atoms with E-state index in [1.165, 1.54) is 6.20 Å². The Labute approximate surface area is 145 Å². The summed E-state index contributed by atoms with van der Waals surface area (Å²) in [5, 5.41) is 3.27. The van der Waals surface area contributed by atoms with E-state index in [0.717, 1.165) is 29.7 Å². The molecule has 1 fully saturated rings. The van der Waals surface area contributed by atoms with Crippen molar-refractivity contribution >= 4 is 45.7 Å². The quantitative estimate of drug-likeness (QED) is 0.760. The molecule has 5 nitrogen and oxygen atoms in total.